The predicted molar refractivity (Wildman–Crippen MR) is 81.6 cm³/mol. The zero-order chi connectivity index (χ0) is 14.0. The molecule has 0 aromatic carbocycles. The van der Waals surface area contributed by atoms with Crippen molar-refractivity contribution in [2.45, 2.75) is 65.6 Å². The van der Waals surface area contributed by atoms with E-state index in [0.717, 1.165) is 18.8 Å². The van der Waals surface area contributed by atoms with E-state index in [1.54, 1.807) is 0 Å². The van der Waals surface area contributed by atoms with Crippen LogP contribution in [0.3, 0.4) is 0 Å². The molecule has 1 saturated heterocycles. The number of nitrogens with zero attached hydrogens (tertiary/aromatic N) is 2. The summed E-state index contributed by atoms with van der Waals surface area (Å²) in [6, 6.07) is 2.74. The van der Waals surface area contributed by atoms with Gasteiger partial charge in [-0.1, -0.05) is 13.8 Å². The van der Waals surface area contributed by atoms with Gasteiger partial charge < -0.3 is 10.2 Å². The number of aromatic nitrogens is 1. The molecule has 0 unspecified atom stereocenters. The standard InChI is InChI=1S/C16H27N3/c1-12(2)17-10-14-11-18-13(3)9-15(14)19-8-6-7-16(19,4)5/h9,11-12,17H,6-8,10H2,1-5H3. The third-order valence-corrected chi connectivity index (χ3v) is 3.99. The minimum absolute atomic E-state index is 0.264. The van der Waals surface area contributed by atoms with E-state index in [1.165, 1.54) is 24.1 Å². The molecular formula is C16H27N3. The second-order valence-corrected chi connectivity index (χ2v) is 6.56. The lowest BCUT2D eigenvalue weighted by atomic mass is 10.0. The lowest BCUT2D eigenvalue weighted by Crippen LogP contribution is -2.39. The van der Waals surface area contributed by atoms with Crippen LogP contribution in [-0.2, 0) is 6.54 Å². The van der Waals surface area contributed by atoms with Crippen molar-refractivity contribution in [2.24, 2.45) is 0 Å². The van der Waals surface area contributed by atoms with Crippen LogP contribution in [0.2, 0.25) is 0 Å². The number of anilines is 1. The first-order valence-corrected chi connectivity index (χ1v) is 7.37. The largest absolute Gasteiger partial charge is 0.366 e. The maximum absolute atomic E-state index is 4.47. The van der Waals surface area contributed by atoms with Crippen LogP contribution in [0.5, 0.6) is 0 Å². The zero-order valence-electron chi connectivity index (χ0n) is 13.0. The first-order chi connectivity index (χ1) is 8.90. The van der Waals surface area contributed by atoms with E-state index >= 15 is 0 Å². The molecule has 1 aliphatic heterocycles. The molecule has 3 heteroatoms. The second kappa shape index (κ2) is 5.49. The SMILES string of the molecule is Cc1cc(N2CCCC2(C)C)c(CNC(C)C)cn1. The average molecular weight is 261 g/mol. The Hall–Kier alpha value is -1.09. The summed E-state index contributed by atoms with van der Waals surface area (Å²) in [5.41, 5.74) is 4.05. The molecule has 0 amide bonds. The van der Waals surface area contributed by atoms with Gasteiger partial charge in [0, 0.05) is 47.8 Å². The van der Waals surface area contributed by atoms with Gasteiger partial charge in [-0.15, -0.1) is 0 Å². The molecule has 1 N–H and O–H groups in total. The molecule has 0 atom stereocenters. The van der Waals surface area contributed by atoms with Gasteiger partial charge >= 0.3 is 0 Å². The van der Waals surface area contributed by atoms with Gasteiger partial charge in [-0.25, -0.2) is 0 Å². The number of hydrogen-bond acceptors (Lipinski definition) is 3. The monoisotopic (exact) mass is 261 g/mol. The first-order valence-electron chi connectivity index (χ1n) is 7.37. The molecule has 2 heterocycles. The maximum atomic E-state index is 4.47. The number of rotatable bonds is 4. The normalized spacial score (nSPS) is 18.3. The molecule has 19 heavy (non-hydrogen) atoms. The van der Waals surface area contributed by atoms with Crippen LogP contribution in [0.25, 0.3) is 0 Å². The zero-order valence-corrected chi connectivity index (χ0v) is 13.0. The summed E-state index contributed by atoms with van der Waals surface area (Å²) < 4.78 is 0. The van der Waals surface area contributed by atoms with E-state index in [2.05, 4.69) is 55.9 Å². The van der Waals surface area contributed by atoms with Crippen molar-refractivity contribution in [3.8, 4) is 0 Å². The van der Waals surface area contributed by atoms with Crippen molar-refractivity contribution in [1.29, 1.82) is 0 Å². The molecule has 106 valence electrons. The number of aryl methyl sites for hydroxylation is 1. The molecule has 1 fully saturated rings. The van der Waals surface area contributed by atoms with E-state index in [4.69, 9.17) is 0 Å². The van der Waals surface area contributed by atoms with E-state index in [1.807, 2.05) is 6.20 Å². The highest BCUT2D eigenvalue weighted by atomic mass is 15.2. The third-order valence-electron chi connectivity index (χ3n) is 3.99. The molecule has 0 radical (unpaired) electrons. The van der Waals surface area contributed by atoms with Crippen LogP contribution in [-0.4, -0.2) is 23.1 Å². The van der Waals surface area contributed by atoms with Crippen molar-refractivity contribution >= 4 is 5.69 Å². The summed E-state index contributed by atoms with van der Waals surface area (Å²) in [6.45, 7) is 13.2. The minimum Gasteiger partial charge on any atom is -0.366 e. The van der Waals surface area contributed by atoms with Gasteiger partial charge in [0.1, 0.15) is 0 Å². The molecule has 0 spiro atoms. The van der Waals surface area contributed by atoms with Crippen LogP contribution in [0, 0.1) is 6.92 Å². The van der Waals surface area contributed by atoms with E-state index in [9.17, 15) is 0 Å². The van der Waals surface area contributed by atoms with Gasteiger partial charge in [-0.3, -0.25) is 4.98 Å². The summed E-state index contributed by atoms with van der Waals surface area (Å²) in [5, 5.41) is 3.51. The number of hydrogen-bond donors (Lipinski definition) is 1. The summed E-state index contributed by atoms with van der Waals surface area (Å²) in [7, 11) is 0. The Morgan fingerprint density at radius 2 is 2.16 bits per heavy atom. The Labute approximate surface area is 117 Å². The Kier molecular flexibility index (Phi) is 4.14. The van der Waals surface area contributed by atoms with Crippen LogP contribution < -0.4 is 10.2 Å². The molecule has 2 rings (SSSR count). The smallest absolute Gasteiger partial charge is 0.0449 e. The molecule has 1 aromatic heterocycles. The van der Waals surface area contributed by atoms with Crippen LogP contribution in [0.15, 0.2) is 12.3 Å². The fourth-order valence-corrected chi connectivity index (χ4v) is 2.83. The highest BCUT2D eigenvalue weighted by Crippen LogP contribution is 2.35. The summed E-state index contributed by atoms with van der Waals surface area (Å²) >= 11 is 0. The van der Waals surface area contributed by atoms with Gasteiger partial charge in [0.25, 0.3) is 0 Å². The van der Waals surface area contributed by atoms with Crippen LogP contribution >= 0.6 is 0 Å². The van der Waals surface area contributed by atoms with Crippen LogP contribution in [0.1, 0.15) is 51.8 Å². The Morgan fingerprint density at radius 3 is 2.74 bits per heavy atom. The first kappa shape index (κ1) is 14.3. The second-order valence-electron chi connectivity index (χ2n) is 6.56. The molecule has 1 aliphatic rings. The summed E-state index contributed by atoms with van der Waals surface area (Å²) in [4.78, 5) is 7.02. The lowest BCUT2D eigenvalue weighted by Gasteiger charge is -2.35. The molecule has 1 aromatic rings. The van der Waals surface area contributed by atoms with Gasteiger partial charge in [-0.2, -0.15) is 0 Å². The van der Waals surface area contributed by atoms with Gasteiger partial charge in [0.05, 0.1) is 0 Å². The average Bonchev–Trinajstić information content (AvgIpc) is 2.67. The third kappa shape index (κ3) is 3.27. The minimum atomic E-state index is 0.264. The molecule has 3 nitrogen and oxygen atoms in total. The molecular weight excluding hydrogens is 234 g/mol. The Bertz CT molecular complexity index is 438. The molecule has 0 saturated carbocycles. The van der Waals surface area contributed by atoms with Crippen molar-refractivity contribution < 1.29 is 0 Å². The summed E-state index contributed by atoms with van der Waals surface area (Å²) in [5.74, 6) is 0. The quantitative estimate of drug-likeness (QED) is 0.901. The fourth-order valence-electron chi connectivity index (χ4n) is 2.83. The van der Waals surface area contributed by atoms with E-state index in [0.29, 0.717) is 6.04 Å². The van der Waals surface area contributed by atoms with Crippen molar-refractivity contribution in [3.63, 3.8) is 0 Å². The highest BCUT2D eigenvalue weighted by molar-refractivity contribution is 5.56. The van der Waals surface area contributed by atoms with E-state index < -0.39 is 0 Å². The predicted octanol–water partition coefficient (Wildman–Crippen LogP) is 3.27. The highest BCUT2D eigenvalue weighted by Gasteiger charge is 2.33. The van der Waals surface area contributed by atoms with Crippen molar-refractivity contribution in [2.75, 3.05) is 11.4 Å². The van der Waals surface area contributed by atoms with Crippen molar-refractivity contribution in [3.05, 3.63) is 23.5 Å². The number of pyridine rings is 1. The molecule has 0 bridgehead atoms. The lowest BCUT2D eigenvalue weighted by molar-refractivity contribution is 0.514. The van der Waals surface area contributed by atoms with Crippen molar-refractivity contribution in [1.82, 2.24) is 10.3 Å². The van der Waals surface area contributed by atoms with E-state index in [-0.39, 0.29) is 5.54 Å². The Balaban J connectivity index is 2.29. The van der Waals surface area contributed by atoms with Gasteiger partial charge in [-0.05, 0) is 39.7 Å². The fraction of sp³-hybridized carbons (Fsp3) is 0.688. The van der Waals surface area contributed by atoms with Gasteiger partial charge in [0.2, 0.25) is 0 Å². The maximum Gasteiger partial charge on any atom is 0.0449 e. The number of nitrogens with one attached hydrogen (secondary N) is 1. The van der Waals surface area contributed by atoms with Gasteiger partial charge in [0.15, 0.2) is 0 Å². The topological polar surface area (TPSA) is 28.2 Å². The van der Waals surface area contributed by atoms with Crippen LogP contribution in [0.4, 0.5) is 5.69 Å². The Morgan fingerprint density at radius 1 is 1.42 bits per heavy atom. The summed E-state index contributed by atoms with van der Waals surface area (Å²) in [6.07, 6.45) is 4.59. The molecule has 0 aliphatic carbocycles.